The fourth-order valence-corrected chi connectivity index (χ4v) is 4.07. The van der Waals surface area contributed by atoms with Crippen molar-refractivity contribution < 1.29 is 4.74 Å². The molecule has 4 nitrogen and oxygen atoms in total. The van der Waals surface area contributed by atoms with Gasteiger partial charge in [0.2, 0.25) is 0 Å². The first kappa shape index (κ1) is 19.4. The molecule has 0 fully saturated rings. The van der Waals surface area contributed by atoms with Gasteiger partial charge >= 0.3 is 0 Å². The number of ether oxygens (including phenoxy) is 1. The summed E-state index contributed by atoms with van der Waals surface area (Å²) in [5, 5.41) is 3.68. The molecule has 0 bridgehead atoms. The van der Waals surface area contributed by atoms with Crippen LogP contribution in [0.15, 0.2) is 42.5 Å². The zero-order chi connectivity index (χ0) is 20.4. The van der Waals surface area contributed by atoms with Crippen LogP contribution in [0.5, 0.6) is 5.75 Å². The molecular weight excluding hydrogens is 358 g/mol. The van der Waals surface area contributed by atoms with Gasteiger partial charge in [-0.3, -0.25) is 0 Å². The van der Waals surface area contributed by atoms with Gasteiger partial charge in [-0.1, -0.05) is 55.8 Å². The predicted octanol–water partition coefficient (Wildman–Crippen LogP) is 5.82. The lowest BCUT2D eigenvalue weighted by Crippen LogP contribution is -2.22. The number of benzene rings is 2. The Morgan fingerprint density at radius 3 is 2.55 bits per heavy atom. The minimum atomic E-state index is 0.191. The zero-order valence-electron chi connectivity index (χ0n) is 17.7. The topological polar surface area (TPSA) is 47.0 Å². The maximum Gasteiger partial charge on any atom is 0.148 e. The largest absolute Gasteiger partial charge is 0.493 e. The van der Waals surface area contributed by atoms with E-state index in [0.717, 1.165) is 47.9 Å². The van der Waals surface area contributed by atoms with Crippen molar-refractivity contribution in [2.45, 2.75) is 53.0 Å². The van der Waals surface area contributed by atoms with Crippen LogP contribution in [0.3, 0.4) is 0 Å². The Morgan fingerprint density at radius 1 is 1.00 bits per heavy atom. The normalized spacial score (nSPS) is 15.5. The number of fused-ring (bicyclic) bond motifs is 1. The Labute approximate surface area is 173 Å². The molecule has 4 rings (SSSR count). The van der Waals surface area contributed by atoms with Crippen LogP contribution in [0.4, 0.5) is 5.82 Å². The highest BCUT2D eigenvalue weighted by molar-refractivity contribution is 5.68. The third kappa shape index (κ3) is 3.84. The second kappa shape index (κ2) is 8.24. The number of aryl methyl sites for hydroxylation is 4. The van der Waals surface area contributed by atoms with Crippen LogP contribution < -0.4 is 10.1 Å². The van der Waals surface area contributed by atoms with Crippen molar-refractivity contribution in [1.29, 1.82) is 0 Å². The van der Waals surface area contributed by atoms with E-state index in [2.05, 4.69) is 63.3 Å². The lowest BCUT2D eigenvalue weighted by molar-refractivity contribution is 0.274. The molecule has 150 valence electrons. The molecule has 2 heterocycles. The molecule has 1 N–H and O–H groups in total. The van der Waals surface area contributed by atoms with E-state index in [1.165, 1.54) is 22.3 Å². The molecule has 0 spiro atoms. The van der Waals surface area contributed by atoms with Gasteiger partial charge in [0, 0.05) is 17.5 Å². The van der Waals surface area contributed by atoms with Gasteiger partial charge in [-0.05, 0) is 38.3 Å². The average molecular weight is 388 g/mol. The maximum absolute atomic E-state index is 5.82. The first-order valence-electron chi connectivity index (χ1n) is 10.6. The Bertz CT molecular complexity index is 1030. The molecule has 4 heteroatoms. The van der Waals surface area contributed by atoms with Gasteiger partial charge in [-0.2, -0.15) is 0 Å². The van der Waals surface area contributed by atoms with Gasteiger partial charge in [-0.25, -0.2) is 9.97 Å². The van der Waals surface area contributed by atoms with Crippen molar-refractivity contribution in [2.75, 3.05) is 11.9 Å². The number of rotatable bonds is 5. The zero-order valence-corrected chi connectivity index (χ0v) is 17.7. The van der Waals surface area contributed by atoms with Gasteiger partial charge in [-0.15, -0.1) is 0 Å². The molecule has 1 aromatic heterocycles. The lowest BCUT2D eigenvalue weighted by Gasteiger charge is -2.28. The minimum absolute atomic E-state index is 0.191. The van der Waals surface area contributed by atoms with Gasteiger partial charge in [0.05, 0.1) is 29.7 Å². The molecule has 3 aromatic rings. The summed E-state index contributed by atoms with van der Waals surface area (Å²) in [7, 11) is 0. The molecule has 0 amide bonds. The standard InChI is InChI=1S/C25H29N3O/c1-5-20-24(18-12-11-16(3)15-17(18)4)26-21(6-2)25(27-20)28-22-13-14-29-23-10-8-7-9-19(22)23/h7-12,15,22H,5-6,13-14H2,1-4H3,(H,27,28). The van der Waals surface area contributed by atoms with Crippen LogP contribution in [0, 0.1) is 13.8 Å². The maximum atomic E-state index is 5.82. The third-order valence-electron chi connectivity index (χ3n) is 5.62. The summed E-state index contributed by atoms with van der Waals surface area (Å²) in [5.41, 5.74) is 7.95. The van der Waals surface area contributed by atoms with Crippen molar-refractivity contribution in [3.8, 4) is 17.0 Å². The van der Waals surface area contributed by atoms with Gasteiger partial charge in [0.25, 0.3) is 0 Å². The summed E-state index contributed by atoms with van der Waals surface area (Å²) in [5.74, 6) is 1.87. The third-order valence-corrected chi connectivity index (χ3v) is 5.62. The summed E-state index contributed by atoms with van der Waals surface area (Å²) in [6.45, 7) is 9.28. The number of hydrogen-bond acceptors (Lipinski definition) is 4. The lowest BCUT2D eigenvalue weighted by atomic mass is 9.99. The Hall–Kier alpha value is -2.88. The number of aromatic nitrogens is 2. The second-order valence-electron chi connectivity index (χ2n) is 7.71. The summed E-state index contributed by atoms with van der Waals surface area (Å²) >= 11 is 0. The number of nitrogens with one attached hydrogen (secondary N) is 1. The van der Waals surface area contributed by atoms with E-state index in [9.17, 15) is 0 Å². The minimum Gasteiger partial charge on any atom is -0.493 e. The van der Waals surface area contributed by atoms with Gasteiger partial charge in [0.15, 0.2) is 0 Å². The van der Waals surface area contributed by atoms with E-state index in [-0.39, 0.29) is 6.04 Å². The summed E-state index contributed by atoms with van der Waals surface area (Å²) < 4.78 is 5.82. The smallest absolute Gasteiger partial charge is 0.148 e. The van der Waals surface area contributed by atoms with Gasteiger partial charge in [0.1, 0.15) is 11.6 Å². The Morgan fingerprint density at radius 2 is 1.79 bits per heavy atom. The highest BCUT2D eigenvalue weighted by Gasteiger charge is 2.23. The molecule has 1 aliphatic heterocycles. The van der Waals surface area contributed by atoms with E-state index < -0.39 is 0 Å². The number of para-hydroxylation sites is 1. The highest BCUT2D eigenvalue weighted by Crippen LogP contribution is 2.35. The van der Waals surface area contributed by atoms with Crippen LogP contribution >= 0.6 is 0 Å². The molecular formula is C25H29N3O. The van der Waals surface area contributed by atoms with Crippen molar-refractivity contribution in [1.82, 2.24) is 9.97 Å². The molecule has 1 aliphatic rings. The summed E-state index contributed by atoms with van der Waals surface area (Å²) in [4.78, 5) is 10.1. The van der Waals surface area contributed by atoms with E-state index in [1.54, 1.807) is 0 Å². The van der Waals surface area contributed by atoms with Crippen molar-refractivity contribution in [3.63, 3.8) is 0 Å². The molecule has 2 aromatic carbocycles. The van der Waals surface area contributed by atoms with Crippen molar-refractivity contribution >= 4 is 5.82 Å². The fourth-order valence-electron chi connectivity index (χ4n) is 4.07. The van der Waals surface area contributed by atoms with Crippen LogP contribution in [-0.4, -0.2) is 16.6 Å². The molecule has 0 radical (unpaired) electrons. The molecule has 0 saturated heterocycles. The highest BCUT2D eigenvalue weighted by atomic mass is 16.5. The summed E-state index contributed by atoms with van der Waals surface area (Å²) in [6.07, 6.45) is 2.60. The Balaban J connectivity index is 1.74. The van der Waals surface area contributed by atoms with Crippen LogP contribution in [0.1, 0.15) is 54.4 Å². The van der Waals surface area contributed by atoms with Gasteiger partial charge < -0.3 is 10.1 Å². The molecule has 1 unspecified atom stereocenters. The van der Waals surface area contributed by atoms with Crippen molar-refractivity contribution in [2.24, 2.45) is 0 Å². The van der Waals surface area contributed by atoms with Crippen LogP contribution in [0.25, 0.3) is 11.3 Å². The Kier molecular flexibility index (Phi) is 5.52. The van der Waals surface area contributed by atoms with Crippen molar-refractivity contribution in [3.05, 3.63) is 70.5 Å². The molecule has 0 aliphatic carbocycles. The van der Waals surface area contributed by atoms with E-state index >= 15 is 0 Å². The summed E-state index contributed by atoms with van der Waals surface area (Å²) in [6, 6.07) is 15.0. The quantitative estimate of drug-likeness (QED) is 0.599. The number of anilines is 1. The second-order valence-corrected chi connectivity index (χ2v) is 7.71. The average Bonchev–Trinajstić information content (AvgIpc) is 2.74. The van der Waals surface area contributed by atoms with E-state index in [1.807, 2.05) is 12.1 Å². The first-order valence-corrected chi connectivity index (χ1v) is 10.6. The molecule has 1 atom stereocenters. The van der Waals surface area contributed by atoms with E-state index in [0.29, 0.717) is 6.61 Å². The fraction of sp³-hybridized carbons (Fsp3) is 0.360. The monoisotopic (exact) mass is 387 g/mol. The van der Waals surface area contributed by atoms with Crippen LogP contribution in [-0.2, 0) is 12.8 Å². The molecule has 0 saturated carbocycles. The number of hydrogen-bond donors (Lipinski definition) is 1. The number of nitrogens with zero attached hydrogens (tertiary/aromatic N) is 2. The first-order chi connectivity index (χ1) is 14.1. The van der Waals surface area contributed by atoms with E-state index in [4.69, 9.17) is 14.7 Å². The molecule has 29 heavy (non-hydrogen) atoms. The predicted molar refractivity (Wildman–Crippen MR) is 119 cm³/mol. The van der Waals surface area contributed by atoms with Crippen LogP contribution in [0.2, 0.25) is 0 Å². The SMILES string of the molecule is CCc1nc(-c2ccc(C)cc2C)c(CC)nc1NC1CCOc2ccccc21.